The number of amides is 2. The van der Waals surface area contributed by atoms with Crippen LogP contribution >= 0.6 is 0 Å². The molecule has 0 spiro atoms. The summed E-state index contributed by atoms with van der Waals surface area (Å²) in [6, 6.07) is 17.0. The molecule has 0 bridgehead atoms. The second-order valence-corrected chi connectivity index (χ2v) is 7.22. The summed E-state index contributed by atoms with van der Waals surface area (Å²) in [6.07, 6.45) is 1.76. The van der Waals surface area contributed by atoms with Crippen molar-refractivity contribution in [3.05, 3.63) is 77.7 Å². The lowest BCUT2D eigenvalue weighted by Gasteiger charge is -2.15. The molecule has 3 aromatic rings. The Morgan fingerprint density at radius 1 is 1.14 bits per heavy atom. The van der Waals surface area contributed by atoms with Crippen molar-refractivity contribution in [2.75, 3.05) is 12.4 Å². The molecule has 1 saturated carbocycles. The molecule has 0 radical (unpaired) electrons. The Bertz CT molecular complexity index is 1040. The van der Waals surface area contributed by atoms with Crippen LogP contribution in [0.15, 0.2) is 60.7 Å². The molecule has 0 aliphatic heterocycles. The molecule has 1 aliphatic rings. The van der Waals surface area contributed by atoms with Crippen molar-refractivity contribution in [1.29, 1.82) is 0 Å². The highest BCUT2D eigenvalue weighted by atomic mass is 19.1. The zero-order valence-electron chi connectivity index (χ0n) is 16.0. The third kappa shape index (κ3) is 4.34. The van der Waals surface area contributed by atoms with E-state index in [9.17, 15) is 14.0 Å². The topological polar surface area (TPSA) is 67.2 Å². The fourth-order valence-corrected chi connectivity index (χ4v) is 3.09. The van der Waals surface area contributed by atoms with Gasteiger partial charge in [-0.05, 0) is 42.7 Å². The Labute approximate surface area is 167 Å². The highest BCUT2D eigenvalue weighted by Gasteiger charge is 2.31. The van der Waals surface area contributed by atoms with Gasteiger partial charge in [-0.25, -0.2) is 9.07 Å². The summed E-state index contributed by atoms with van der Waals surface area (Å²) in [5, 5.41) is 7.31. The average molecular weight is 392 g/mol. The Morgan fingerprint density at radius 3 is 2.59 bits per heavy atom. The maximum atomic E-state index is 13.4. The minimum Gasteiger partial charge on any atom is -0.336 e. The van der Waals surface area contributed by atoms with Crippen LogP contribution in [0.5, 0.6) is 0 Å². The first-order valence-electron chi connectivity index (χ1n) is 9.47. The van der Waals surface area contributed by atoms with Gasteiger partial charge in [-0.15, -0.1) is 0 Å². The molecule has 1 aliphatic carbocycles. The van der Waals surface area contributed by atoms with E-state index >= 15 is 0 Å². The van der Waals surface area contributed by atoms with Gasteiger partial charge in [-0.1, -0.05) is 30.3 Å². The Balaban J connectivity index is 1.59. The molecule has 0 atom stereocenters. The monoisotopic (exact) mass is 392 g/mol. The first kappa shape index (κ1) is 18.9. The summed E-state index contributed by atoms with van der Waals surface area (Å²) in [5.41, 5.74) is 1.63. The number of rotatable bonds is 6. The fraction of sp³-hybridized carbons (Fsp3) is 0.227. The number of hydrogen-bond acceptors (Lipinski definition) is 3. The number of aromatic nitrogens is 2. The Hall–Kier alpha value is -3.48. The first-order valence-corrected chi connectivity index (χ1v) is 9.47. The third-order valence-electron chi connectivity index (χ3n) is 4.78. The number of anilines is 1. The van der Waals surface area contributed by atoms with Crippen LogP contribution in [0.4, 0.5) is 10.2 Å². The molecule has 2 aromatic carbocycles. The van der Waals surface area contributed by atoms with Crippen molar-refractivity contribution in [3.8, 4) is 5.69 Å². The van der Waals surface area contributed by atoms with Crippen molar-refractivity contribution in [2.45, 2.75) is 19.4 Å². The molecule has 148 valence electrons. The quantitative estimate of drug-likeness (QED) is 0.697. The number of benzene rings is 2. The molecule has 0 unspecified atom stereocenters. The van der Waals surface area contributed by atoms with E-state index in [0.29, 0.717) is 11.4 Å². The molecule has 6 nitrogen and oxygen atoms in total. The molecule has 4 rings (SSSR count). The van der Waals surface area contributed by atoms with E-state index < -0.39 is 0 Å². The van der Waals surface area contributed by atoms with Gasteiger partial charge < -0.3 is 10.2 Å². The second kappa shape index (κ2) is 7.87. The largest absolute Gasteiger partial charge is 0.336 e. The number of carbonyl (C=O) groups is 2. The summed E-state index contributed by atoms with van der Waals surface area (Å²) < 4.78 is 15.0. The molecular weight excluding hydrogens is 371 g/mol. The molecular formula is C22H21FN4O2. The SMILES string of the molecule is CN(Cc1cccc(F)c1)C(=O)c1cc(NC(=O)C2CC2)n(-c2ccccc2)n1. The maximum Gasteiger partial charge on any atom is 0.274 e. The molecule has 1 fully saturated rings. The first-order chi connectivity index (χ1) is 14.0. The minimum absolute atomic E-state index is 0.0314. The second-order valence-electron chi connectivity index (χ2n) is 7.22. The number of carbonyl (C=O) groups excluding carboxylic acids is 2. The number of halogens is 1. The lowest BCUT2D eigenvalue weighted by molar-refractivity contribution is -0.117. The maximum absolute atomic E-state index is 13.4. The van der Waals surface area contributed by atoms with Gasteiger partial charge in [-0.3, -0.25) is 9.59 Å². The van der Waals surface area contributed by atoms with Gasteiger partial charge in [0.25, 0.3) is 5.91 Å². The van der Waals surface area contributed by atoms with Gasteiger partial charge in [0.15, 0.2) is 5.69 Å². The highest BCUT2D eigenvalue weighted by Crippen LogP contribution is 2.30. The van der Waals surface area contributed by atoms with Crippen LogP contribution in [0.1, 0.15) is 28.9 Å². The zero-order valence-corrected chi connectivity index (χ0v) is 16.0. The fourth-order valence-electron chi connectivity index (χ4n) is 3.09. The van der Waals surface area contributed by atoms with Crippen LogP contribution in [0.25, 0.3) is 5.69 Å². The van der Waals surface area contributed by atoms with Crippen molar-refractivity contribution in [3.63, 3.8) is 0 Å². The molecule has 29 heavy (non-hydrogen) atoms. The number of nitrogens with zero attached hydrogens (tertiary/aromatic N) is 3. The predicted molar refractivity (Wildman–Crippen MR) is 107 cm³/mol. The summed E-state index contributed by atoms with van der Waals surface area (Å²) in [6.45, 7) is 0.249. The molecule has 7 heteroatoms. The zero-order chi connectivity index (χ0) is 20.4. The molecule has 0 saturated heterocycles. The van der Waals surface area contributed by atoms with E-state index in [0.717, 1.165) is 18.5 Å². The molecule has 1 heterocycles. The van der Waals surface area contributed by atoms with Gasteiger partial charge in [0.05, 0.1) is 5.69 Å². The number of hydrogen-bond donors (Lipinski definition) is 1. The van der Waals surface area contributed by atoms with Crippen LogP contribution < -0.4 is 5.32 Å². The average Bonchev–Trinajstić information content (AvgIpc) is 3.49. The van der Waals surface area contributed by atoms with Crippen LogP contribution in [-0.2, 0) is 11.3 Å². The van der Waals surface area contributed by atoms with E-state index in [1.54, 1.807) is 29.9 Å². The van der Waals surface area contributed by atoms with E-state index in [1.807, 2.05) is 30.3 Å². The van der Waals surface area contributed by atoms with Gasteiger partial charge >= 0.3 is 0 Å². The molecule has 1 N–H and O–H groups in total. The summed E-state index contributed by atoms with van der Waals surface area (Å²) in [5.74, 6) is -0.235. The lowest BCUT2D eigenvalue weighted by atomic mass is 10.2. The molecule has 1 aromatic heterocycles. The van der Waals surface area contributed by atoms with Gasteiger partial charge in [-0.2, -0.15) is 5.10 Å². The van der Waals surface area contributed by atoms with Gasteiger partial charge in [0.2, 0.25) is 5.91 Å². The van der Waals surface area contributed by atoms with Crippen LogP contribution in [0, 0.1) is 11.7 Å². The standard InChI is InChI=1S/C22H21FN4O2/c1-26(14-15-6-5-7-17(23)12-15)22(29)19-13-20(24-21(28)16-10-11-16)27(25-19)18-8-3-2-4-9-18/h2-9,12-13,16H,10-11,14H2,1H3,(H,24,28). The Morgan fingerprint density at radius 2 is 1.90 bits per heavy atom. The highest BCUT2D eigenvalue weighted by molar-refractivity contribution is 5.97. The van der Waals surface area contributed by atoms with Crippen molar-refractivity contribution in [1.82, 2.24) is 14.7 Å². The van der Waals surface area contributed by atoms with Crippen LogP contribution in [0.3, 0.4) is 0 Å². The number of nitrogens with one attached hydrogen (secondary N) is 1. The van der Waals surface area contributed by atoms with Crippen LogP contribution in [0.2, 0.25) is 0 Å². The smallest absolute Gasteiger partial charge is 0.274 e. The van der Waals surface area contributed by atoms with Crippen molar-refractivity contribution < 1.29 is 14.0 Å². The summed E-state index contributed by atoms with van der Waals surface area (Å²) in [4.78, 5) is 26.6. The van der Waals surface area contributed by atoms with Gasteiger partial charge in [0, 0.05) is 25.6 Å². The van der Waals surface area contributed by atoms with E-state index in [2.05, 4.69) is 10.4 Å². The van der Waals surface area contributed by atoms with Crippen molar-refractivity contribution >= 4 is 17.6 Å². The van der Waals surface area contributed by atoms with E-state index in [1.165, 1.54) is 17.0 Å². The van der Waals surface area contributed by atoms with Gasteiger partial charge in [0.1, 0.15) is 11.6 Å². The summed E-state index contributed by atoms with van der Waals surface area (Å²) in [7, 11) is 1.64. The van der Waals surface area contributed by atoms with Crippen LogP contribution in [-0.4, -0.2) is 33.5 Å². The van der Waals surface area contributed by atoms with Crippen molar-refractivity contribution in [2.24, 2.45) is 5.92 Å². The lowest BCUT2D eigenvalue weighted by Crippen LogP contribution is -2.26. The normalized spacial score (nSPS) is 13.2. The predicted octanol–water partition coefficient (Wildman–Crippen LogP) is 3.63. The molecule has 2 amide bonds. The number of para-hydroxylation sites is 1. The minimum atomic E-state index is -0.346. The Kier molecular flexibility index (Phi) is 5.12. The van der Waals surface area contributed by atoms with E-state index in [-0.39, 0.29) is 35.8 Å². The third-order valence-corrected chi connectivity index (χ3v) is 4.78. The summed E-state index contributed by atoms with van der Waals surface area (Å²) >= 11 is 0. The van der Waals surface area contributed by atoms with E-state index in [4.69, 9.17) is 0 Å².